The van der Waals surface area contributed by atoms with Gasteiger partial charge in [0, 0.05) is 14.1 Å². The van der Waals surface area contributed by atoms with Crippen LogP contribution >= 0.6 is 0 Å². The first-order chi connectivity index (χ1) is 8.18. The number of hydrogen-bond acceptors (Lipinski definition) is 1. The normalized spacial score (nSPS) is 9.41. The summed E-state index contributed by atoms with van der Waals surface area (Å²) >= 11 is 0. The molecular formula is C15H33NO. The average molecular weight is 243 g/mol. The Morgan fingerprint density at radius 3 is 1.12 bits per heavy atom. The summed E-state index contributed by atoms with van der Waals surface area (Å²) in [6.07, 6.45) is 15.2. The van der Waals surface area contributed by atoms with Crippen LogP contribution in [0.5, 0.6) is 0 Å². The maximum atomic E-state index is 9.43. The van der Waals surface area contributed by atoms with Crippen LogP contribution in [0.4, 0.5) is 0 Å². The number of amides is 1. The Morgan fingerprint density at radius 2 is 0.941 bits per heavy atom. The van der Waals surface area contributed by atoms with E-state index < -0.39 is 0 Å². The molecule has 2 heteroatoms. The summed E-state index contributed by atoms with van der Waals surface area (Å²) in [6, 6.07) is 0. The van der Waals surface area contributed by atoms with Crippen LogP contribution in [0.1, 0.15) is 78.1 Å². The number of carbonyl (C=O) groups is 1. The van der Waals surface area contributed by atoms with Crippen molar-refractivity contribution in [3.8, 4) is 0 Å². The minimum atomic E-state index is 0.750. The van der Waals surface area contributed by atoms with E-state index in [1.807, 2.05) is 0 Å². The fourth-order valence-corrected chi connectivity index (χ4v) is 1.56. The molecule has 0 N–H and O–H groups in total. The molecule has 0 bridgehead atoms. The number of unbranched alkanes of at least 4 members (excludes halogenated alkanes) is 9. The van der Waals surface area contributed by atoms with E-state index in [1.165, 1.54) is 69.1 Å². The van der Waals surface area contributed by atoms with E-state index in [2.05, 4.69) is 13.8 Å². The molecule has 0 unspecified atom stereocenters. The van der Waals surface area contributed by atoms with E-state index in [4.69, 9.17) is 0 Å². The minimum Gasteiger partial charge on any atom is -0.351 e. The Kier molecular flexibility index (Phi) is 19.8. The van der Waals surface area contributed by atoms with Gasteiger partial charge in [0.2, 0.25) is 6.41 Å². The van der Waals surface area contributed by atoms with Crippen LogP contribution in [0.3, 0.4) is 0 Å². The number of rotatable bonds is 10. The molecule has 104 valence electrons. The Hall–Kier alpha value is -0.530. The Morgan fingerprint density at radius 1 is 0.706 bits per heavy atom. The lowest BCUT2D eigenvalue weighted by Crippen LogP contribution is -2.06. The Balaban J connectivity index is 0. The number of hydrogen-bond donors (Lipinski definition) is 0. The summed E-state index contributed by atoms with van der Waals surface area (Å²) in [5.41, 5.74) is 0. The lowest BCUT2D eigenvalue weighted by molar-refractivity contribution is -0.115. The third-order valence-electron chi connectivity index (χ3n) is 2.67. The molecule has 0 spiro atoms. The van der Waals surface area contributed by atoms with E-state index in [9.17, 15) is 4.79 Å². The van der Waals surface area contributed by atoms with Crippen molar-refractivity contribution >= 4 is 6.41 Å². The fourth-order valence-electron chi connectivity index (χ4n) is 1.56. The zero-order valence-corrected chi connectivity index (χ0v) is 12.5. The van der Waals surface area contributed by atoms with Gasteiger partial charge in [0.25, 0.3) is 0 Å². The molecule has 0 saturated heterocycles. The van der Waals surface area contributed by atoms with E-state index in [0.29, 0.717) is 0 Å². The lowest BCUT2D eigenvalue weighted by Gasteiger charge is -1.99. The van der Waals surface area contributed by atoms with Crippen LogP contribution in [-0.2, 0) is 4.79 Å². The minimum absolute atomic E-state index is 0.750. The topological polar surface area (TPSA) is 20.3 Å². The van der Waals surface area contributed by atoms with E-state index in [1.54, 1.807) is 14.1 Å². The van der Waals surface area contributed by atoms with Crippen LogP contribution in [0.15, 0.2) is 0 Å². The van der Waals surface area contributed by atoms with E-state index >= 15 is 0 Å². The van der Waals surface area contributed by atoms with Gasteiger partial charge in [-0.05, 0) is 0 Å². The molecule has 0 fully saturated rings. The Bertz CT molecular complexity index is 125. The first-order valence-corrected chi connectivity index (χ1v) is 7.30. The molecule has 0 atom stereocenters. The monoisotopic (exact) mass is 243 g/mol. The molecule has 0 aromatic rings. The molecule has 0 radical (unpaired) electrons. The van der Waals surface area contributed by atoms with Gasteiger partial charge in [-0.1, -0.05) is 78.1 Å². The van der Waals surface area contributed by atoms with Crippen molar-refractivity contribution in [2.24, 2.45) is 0 Å². The zero-order chi connectivity index (χ0) is 13.4. The summed E-state index contributed by atoms with van der Waals surface area (Å²) in [6.45, 7) is 4.56. The largest absolute Gasteiger partial charge is 0.351 e. The first-order valence-electron chi connectivity index (χ1n) is 7.30. The van der Waals surface area contributed by atoms with Gasteiger partial charge < -0.3 is 4.90 Å². The standard InChI is InChI=1S/C12H26.C3H7NO/c1-3-5-7-9-11-12-10-8-6-4-2;1-4(2)3-5/h3-12H2,1-2H3;3H,1-2H3. The van der Waals surface area contributed by atoms with Gasteiger partial charge in [-0.15, -0.1) is 0 Å². The molecule has 0 aromatic carbocycles. The summed E-state index contributed by atoms with van der Waals surface area (Å²) in [5.74, 6) is 0. The van der Waals surface area contributed by atoms with Gasteiger partial charge in [-0.25, -0.2) is 0 Å². The highest BCUT2D eigenvalue weighted by Gasteiger charge is 1.90. The van der Waals surface area contributed by atoms with E-state index in [0.717, 1.165) is 6.41 Å². The molecule has 17 heavy (non-hydrogen) atoms. The van der Waals surface area contributed by atoms with Crippen molar-refractivity contribution < 1.29 is 4.79 Å². The summed E-state index contributed by atoms with van der Waals surface area (Å²) in [4.78, 5) is 10.9. The molecule has 0 saturated carbocycles. The lowest BCUT2D eigenvalue weighted by atomic mass is 10.1. The SMILES string of the molecule is CCCCCCCCCCCC.CN(C)C=O. The summed E-state index contributed by atoms with van der Waals surface area (Å²) in [7, 11) is 3.38. The molecule has 1 amide bonds. The van der Waals surface area contributed by atoms with E-state index in [-0.39, 0.29) is 0 Å². The van der Waals surface area contributed by atoms with Gasteiger partial charge in [0.05, 0.1) is 0 Å². The van der Waals surface area contributed by atoms with Crippen molar-refractivity contribution in [1.29, 1.82) is 0 Å². The molecule has 0 heterocycles. The van der Waals surface area contributed by atoms with Gasteiger partial charge in [0.1, 0.15) is 0 Å². The molecule has 0 aliphatic heterocycles. The van der Waals surface area contributed by atoms with Crippen molar-refractivity contribution in [3.05, 3.63) is 0 Å². The predicted molar refractivity (Wildman–Crippen MR) is 77.3 cm³/mol. The second kappa shape index (κ2) is 17.9. The molecule has 0 aliphatic rings. The van der Waals surface area contributed by atoms with Crippen LogP contribution < -0.4 is 0 Å². The van der Waals surface area contributed by atoms with Gasteiger partial charge >= 0.3 is 0 Å². The quantitative estimate of drug-likeness (QED) is 0.404. The number of carbonyl (C=O) groups excluding carboxylic acids is 1. The summed E-state index contributed by atoms with van der Waals surface area (Å²) in [5, 5.41) is 0. The Labute approximate surface area is 109 Å². The second-order valence-corrected chi connectivity index (χ2v) is 4.90. The predicted octanol–water partition coefficient (Wildman–Crippen LogP) is 4.63. The molecule has 0 aliphatic carbocycles. The zero-order valence-electron chi connectivity index (χ0n) is 12.5. The third-order valence-corrected chi connectivity index (χ3v) is 2.67. The maximum Gasteiger partial charge on any atom is 0.209 e. The molecule has 0 aromatic heterocycles. The highest BCUT2D eigenvalue weighted by atomic mass is 16.1. The van der Waals surface area contributed by atoms with Crippen LogP contribution in [0.25, 0.3) is 0 Å². The maximum absolute atomic E-state index is 9.43. The smallest absolute Gasteiger partial charge is 0.209 e. The molecule has 0 rings (SSSR count). The fraction of sp³-hybridized carbons (Fsp3) is 0.933. The highest BCUT2D eigenvalue weighted by Crippen LogP contribution is 2.09. The van der Waals surface area contributed by atoms with Gasteiger partial charge in [-0.3, -0.25) is 4.79 Å². The molecule has 2 nitrogen and oxygen atoms in total. The van der Waals surface area contributed by atoms with Crippen molar-refractivity contribution in [2.45, 2.75) is 78.1 Å². The average Bonchev–Trinajstić information content (AvgIpc) is 2.33. The van der Waals surface area contributed by atoms with Gasteiger partial charge in [-0.2, -0.15) is 0 Å². The molecular weight excluding hydrogens is 210 g/mol. The van der Waals surface area contributed by atoms with Crippen LogP contribution in [-0.4, -0.2) is 25.4 Å². The van der Waals surface area contributed by atoms with Gasteiger partial charge in [0.15, 0.2) is 0 Å². The third kappa shape index (κ3) is 25.6. The van der Waals surface area contributed by atoms with Crippen LogP contribution in [0.2, 0.25) is 0 Å². The summed E-state index contributed by atoms with van der Waals surface area (Å²) < 4.78 is 0. The van der Waals surface area contributed by atoms with Crippen molar-refractivity contribution in [1.82, 2.24) is 4.90 Å². The second-order valence-electron chi connectivity index (χ2n) is 4.90. The highest BCUT2D eigenvalue weighted by molar-refractivity contribution is 5.45. The van der Waals surface area contributed by atoms with Crippen molar-refractivity contribution in [2.75, 3.05) is 14.1 Å². The van der Waals surface area contributed by atoms with Crippen LogP contribution in [0, 0.1) is 0 Å². The first kappa shape index (κ1) is 18.8. The number of nitrogens with zero attached hydrogens (tertiary/aromatic N) is 1. The van der Waals surface area contributed by atoms with Crippen molar-refractivity contribution in [3.63, 3.8) is 0 Å².